The van der Waals surface area contributed by atoms with E-state index in [0.29, 0.717) is 28.5 Å². The van der Waals surface area contributed by atoms with E-state index in [9.17, 15) is 9.59 Å². The number of hydrogen-bond acceptors (Lipinski definition) is 6. The van der Waals surface area contributed by atoms with Gasteiger partial charge < -0.3 is 15.8 Å². The number of primary amides is 1. The first kappa shape index (κ1) is 20.6. The Morgan fingerprint density at radius 3 is 2.83 bits per heavy atom. The number of hydrogen-bond donors (Lipinski definition) is 2. The molecule has 3 aromatic rings. The predicted octanol–water partition coefficient (Wildman–Crippen LogP) is 4.71. The molecule has 0 bridgehead atoms. The summed E-state index contributed by atoms with van der Waals surface area (Å²) in [6.45, 7) is 2.29. The molecule has 0 saturated heterocycles. The van der Waals surface area contributed by atoms with Gasteiger partial charge in [-0.05, 0) is 56.4 Å². The monoisotopic (exact) mass is 441 g/mol. The van der Waals surface area contributed by atoms with Gasteiger partial charge in [-0.25, -0.2) is 4.98 Å². The number of carbonyl (C=O) groups excluding carboxylic acids is 2. The van der Waals surface area contributed by atoms with Crippen LogP contribution in [0.4, 0.5) is 5.00 Å². The number of benzene rings is 1. The normalized spacial score (nSPS) is 13.4. The van der Waals surface area contributed by atoms with E-state index in [0.717, 1.165) is 53.2 Å². The summed E-state index contributed by atoms with van der Waals surface area (Å²) in [5.41, 5.74) is 8.46. The first-order valence-electron chi connectivity index (χ1n) is 9.91. The quantitative estimate of drug-likeness (QED) is 0.542. The first-order chi connectivity index (χ1) is 14.5. The second-order valence-corrected chi connectivity index (χ2v) is 9.43. The van der Waals surface area contributed by atoms with Gasteiger partial charge in [-0.2, -0.15) is 0 Å². The molecular formula is C22H23N3O3S2. The molecule has 156 valence electrons. The van der Waals surface area contributed by atoms with E-state index >= 15 is 0 Å². The molecular weight excluding hydrogens is 418 g/mol. The number of amides is 2. The van der Waals surface area contributed by atoms with E-state index in [4.69, 9.17) is 10.5 Å². The minimum absolute atomic E-state index is 0.288. The highest BCUT2D eigenvalue weighted by atomic mass is 32.1. The lowest BCUT2D eigenvalue weighted by molar-refractivity contribution is 0.100. The van der Waals surface area contributed by atoms with E-state index in [1.807, 2.05) is 12.3 Å². The van der Waals surface area contributed by atoms with Crippen molar-refractivity contribution in [1.82, 2.24) is 4.98 Å². The number of aryl methyl sites for hydroxylation is 2. The van der Waals surface area contributed by atoms with Gasteiger partial charge in [0.1, 0.15) is 17.4 Å². The van der Waals surface area contributed by atoms with Crippen molar-refractivity contribution in [2.24, 2.45) is 5.73 Å². The molecule has 1 aliphatic rings. The Bertz CT molecular complexity index is 1090. The van der Waals surface area contributed by atoms with Crippen LogP contribution in [0.15, 0.2) is 29.6 Å². The van der Waals surface area contributed by atoms with Crippen LogP contribution in [0, 0.1) is 6.92 Å². The fraction of sp³-hybridized carbons (Fsp3) is 0.318. The van der Waals surface area contributed by atoms with Crippen molar-refractivity contribution >= 4 is 39.5 Å². The van der Waals surface area contributed by atoms with Crippen LogP contribution in [-0.2, 0) is 19.4 Å². The first-order valence-corrected chi connectivity index (χ1v) is 11.6. The molecule has 1 aromatic carbocycles. The Balaban J connectivity index is 1.51. The van der Waals surface area contributed by atoms with Gasteiger partial charge in [0.2, 0.25) is 0 Å². The van der Waals surface area contributed by atoms with Crippen LogP contribution in [0.2, 0.25) is 0 Å². The van der Waals surface area contributed by atoms with Crippen LogP contribution in [0.3, 0.4) is 0 Å². The SMILES string of the molecule is Cc1nc(COc2cccc(C(=O)Nc3sc4c(c3C(N)=O)CCCCC4)c2)cs1. The smallest absolute Gasteiger partial charge is 0.256 e. The van der Waals surface area contributed by atoms with Gasteiger partial charge in [-0.1, -0.05) is 12.5 Å². The summed E-state index contributed by atoms with van der Waals surface area (Å²) in [5.74, 6) is -0.186. The lowest BCUT2D eigenvalue weighted by atomic mass is 10.1. The topological polar surface area (TPSA) is 94.3 Å². The van der Waals surface area contributed by atoms with Crippen LogP contribution >= 0.6 is 22.7 Å². The highest BCUT2D eigenvalue weighted by Crippen LogP contribution is 2.37. The third kappa shape index (κ3) is 4.55. The van der Waals surface area contributed by atoms with E-state index in [1.54, 1.807) is 35.6 Å². The zero-order chi connectivity index (χ0) is 21.1. The number of nitrogens with zero attached hydrogens (tertiary/aromatic N) is 1. The molecule has 0 saturated carbocycles. The summed E-state index contributed by atoms with van der Waals surface area (Å²) >= 11 is 3.04. The Labute approximate surface area is 183 Å². The van der Waals surface area contributed by atoms with Gasteiger partial charge in [-0.3, -0.25) is 9.59 Å². The van der Waals surface area contributed by atoms with Gasteiger partial charge >= 0.3 is 0 Å². The summed E-state index contributed by atoms with van der Waals surface area (Å²) in [6.07, 6.45) is 5.04. The van der Waals surface area contributed by atoms with Crippen molar-refractivity contribution in [3.8, 4) is 5.75 Å². The Morgan fingerprint density at radius 1 is 1.23 bits per heavy atom. The Hall–Kier alpha value is -2.71. The van der Waals surface area contributed by atoms with Crippen molar-refractivity contribution in [1.29, 1.82) is 0 Å². The molecule has 2 heterocycles. The van der Waals surface area contributed by atoms with Crippen LogP contribution in [0.5, 0.6) is 5.75 Å². The molecule has 1 aliphatic carbocycles. The van der Waals surface area contributed by atoms with E-state index < -0.39 is 5.91 Å². The number of anilines is 1. The van der Waals surface area contributed by atoms with Gasteiger partial charge in [0.15, 0.2) is 0 Å². The van der Waals surface area contributed by atoms with Crippen molar-refractivity contribution in [2.45, 2.75) is 45.6 Å². The van der Waals surface area contributed by atoms with Crippen molar-refractivity contribution in [3.05, 3.63) is 61.9 Å². The largest absolute Gasteiger partial charge is 0.487 e. The van der Waals surface area contributed by atoms with Gasteiger partial charge in [0.25, 0.3) is 11.8 Å². The maximum absolute atomic E-state index is 12.9. The third-order valence-corrected chi connectivity index (χ3v) is 7.07. The van der Waals surface area contributed by atoms with E-state index in [-0.39, 0.29) is 5.91 Å². The second kappa shape index (κ2) is 8.97. The number of ether oxygens (including phenoxy) is 1. The zero-order valence-electron chi connectivity index (χ0n) is 16.7. The molecule has 0 spiro atoms. The molecule has 2 aromatic heterocycles. The number of thiazole rings is 1. The minimum Gasteiger partial charge on any atom is -0.487 e. The molecule has 6 nitrogen and oxygen atoms in total. The van der Waals surface area contributed by atoms with Crippen molar-refractivity contribution in [2.75, 3.05) is 5.32 Å². The van der Waals surface area contributed by atoms with Crippen LogP contribution < -0.4 is 15.8 Å². The predicted molar refractivity (Wildman–Crippen MR) is 120 cm³/mol. The maximum atomic E-state index is 12.9. The van der Waals surface area contributed by atoms with E-state index in [2.05, 4.69) is 10.3 Å². The van der Waals surface area contributed by atoms with Crippen LogP contribution in [0.25, 0.3) is 0 Å². The van der Waals surface area contributed by atoms with Crippen LogP contribution in [-0.4, -0.2) is 16.8 Å². The molecule has 0 radical (unpaired) electrons. The van der Waals surface area contributed by atoms with Gasteiger partial charge in [0.05, 0.1) is 16.3 Å². The fourth-order valence-corrected chi connectivity index (χ4v) is 5.51. The zero-order valence-corrected chi connectivity index (χ0v) is 18.3. The standard InChI is InChI=1S/C22H23N3O3S2/c1-13-24-15(12-29-13)11-28-16-7-5-6-14(10-16)21(27)25-22-19(20(23)26)17-8-3-2-4-9-18(17)30-22/h5-7,10,12H,2-4,8-9,11H2,1H3,(H2,23,26)(H,25,27). The lowest BCUT2D eigenvalue weighted by Gasteiger charge is -2.08. The maximum Gasteiger partial charge on any atom is 0.256 e. The van der Waals surface area contributed by atoms with E-state index in [1.165, 1.54) is 11.3 Å². The van der Waals surface area contributed by atoms with Gasteiger partial charge in [-0.15, -0.1) is 22.7 Å². The average molecular weight is 442 g/mol. The molecule has 0 aliphatic heterocycles. The molecule has 8 heteroatoms. The summed E-state index contributed by atoms with van der Waals surface area (Å²) in [6, 6.07) is 6.99. The van der Waals surface area contributed by atoms with Gasteiger partial charge in [0, 0.05) is 15.8 Å². The minimum atomic E-state index is -0.486. The summed E-state index contributed by atoms with van der Waals surface area (Å²) < 4.78 is 5.78. The lowest BCUT2D eigenvalue weighted by Crippen LogP contribution is -2.18. The van der Waals surface area contributed by atoms with Crippen LogP contribution in [0.1, 0.15) is 61.1 Å². The van der Waals surface area contributed by atoms with Crippen molar-refractivity contribution in [3.63, 3.8) is 0 Å². The number of rotatable bonds is 6. The summed E-state index contributed by atoms with van der Waals surface area (Å²) in [4.78, 5) is 30.5. The molecule has 30 heavy (non-hydrogen) atoms. The number of carbonyl (C=O) groups is 2. The molecule has 3 N–H and O–H groups in total. The molecule has 0 fully saturated rings. The number of nitrogens with two attached hydrogens (primary N) is 1. The highest BCUT2D eigenvalue weighted by molar-refractivity contribution is 7.17. The second-order valence-electron chi connectivity index (χ2n) is 7.26. The molecule has 0 atom stereocenters. The molecule has 2 amide bonds. The average Bonchev–Trinajstić information content (AvgIpc) is 3.22. The Morgan fingerprint density at radius 2 is 2.07 bits per heavy atom. The number of aromatic nitrogens is 1. The fourth-order valence-electron chi connectivity index (χ4n) is 3.63. The summed E-state index contributed by atoms with van der Waals surface area (Å²) in [7, 11) is 0. The molecule has 0 unspecified atom stereocenters. The number of nitrogens with one attached hydrogen (secondary N) is 1. The highest BCUT2D eigenvalue weighted by Gasteiger charge is 2.24. The number of fused-ring (bicyclic) bond motifs is 1. The number of thiophene rings is 1. The van der Waals surface area contributed by atoms with Crippen molar-refractivity contribution < 1.29 is 14.3 Å². The summed E-state index contributed by atoms with van der Waals surface area (Å²) in [5, 5.41) is 6.39. The Kier molecular flexibility index (Phi) is 6.15. The molecule has 4 rings (SSSR count). The third-order valence-electron chi connectivity index (χ3n) is 5.04.